The van der Waals surface area contributed by atoms with E-state index >= 15 is 0 Å². The largest absolute Gasteiger partial charge is 0.417 e. The minimum atomic E-state index is -4.60. The summed E-state index contributed by atoms with van der Waals surface area (Å²) in [6.07, 6.45) is 1.64. The van der Waals surface area contributed by atoms with Gasteiger partial charge in [-0.1, -0.05) is 46.4 Å². The molecule has 6 heterocycles. The first-order valence-electron chi connectivity index (χ1n) is 19.4. The van der Waals surface area contributed by atoms with E-state index in [-0.39, 0.29) is 59.8 Å². The summed E-state index contributed by atoms with van der Waals surface area (Å²) in [5.74, 6) is 1.18. The highest BCUT2D eigenvalue weighted by Crippen LogP contribution is 2.38. The third-order valence-electron chi connectivity index (χ3n) is 9.63. The van der Waals surface area contributed by atoms with Gasteiger partial charge in [-0.25, -0.2) is 49.9 Å². The molecule has 0 bridgehead atoms. The van der Waals surface area contributed by atoms with Crippen LogP contribution in [0.4, 0.5) is 49.9 Å². The Bertz CT molecular complexity index is 2720. The number of anilines is 4. The molecule has 0 unspecified atom stereocenters. The number of nitrogens with zero attached hydrogens (tertiary/aromatic N) is 10. The standard InChI is InChI=1S/C42H30Cl4F6N14/c43-25-3-5-27(31(45)17-25)35-29(37-55-9-10-56-37)21-61-39(63-35)65(15-13-53-33-7-1-23(19-59-33)41(47,48)49)66(16-14-54-34-8-2-24(20-60-34)42(50,51)52)40-62-22-30(38-57-11-12-58-38)36(64-40)28-6-4-26(44)18-32(28)46/h1-12,17-22H,13-16H2,(H,53,59)(H,54,60)(H,55,56)(H,57,58). The van der Waals surface area contributed by atoms with E-state index in [2.05, 4.69) is 40.5 Å². The second kappa shape index (κ2) is 19.4. The van der Waals surface area contributed by atoms with E-state index in [1.807, 2.05) is 0 Å². The van der Waals surface area contributed by atoms with Gasteiger partial charge in [0, 0.05) is 83.8 Å². The number of hydrazine groups is 1. The summed E-state index contributed by atoms with van der Waals surface area (Å²) in [6.45, 7) is -0.0300. The maximum atomic E-state index is 13.4. The number of nitrogens with one attached hydrogen (secondary N) is 4. The van der Waals surface area contributed by atoms with Crippen molar-refractivity contribution in [3.8, 4) is 45.3 Å². The average molecular weight is 987 g/mol. The van der Waals surface area contributed by atoms with Gasteiger partial charge < -0.3 is 20.6 Å². The molecule has 6 aromatic heterocycles. The molecule has 8 aromatic rings. The molecule has 4 N–H and O–H groups in total. The Morgan fingerprint density at radius 3 is 1.26 bits per heavy atom. The molecule has 8 rings (SSSR count). The Morgan fingerprint density at radius 1 is 0.500 bits per heavy atom. The number of alkyl halides is 6. The fourth-order valence-corrected chi connectivity index (χ4v) is 7.50. The molecular weight excluding hydrogens is 956 g/mol. The number of pyridine rings is 2. The lowest BCUT2D eigenvalue weighted by Crippen LogP contribution is -2.49. The Hall–Kier alpha value is -6.74. The summed E-state index contributed by atoms with van der Waals surface area (Å²) in [5, 5.41) is 10.6. The predicted molar refractivity (Wildman–Crippen MR) is 240 cm³/mol. The average Bonchev–Trinajstić information content (AvgIpc) is 4.03. The Kier molecular flexibility index (Phi) is 13.5. The lowest BCUT2D eigenvalue weighted by atomic mass is 10.1. The van der Waals surface area contributed by atoms with E-state index in [1.165, 1.54) is 24.5 Å². The highest BCUT2D eigenvalue weighted by molar-refractivity contribution is 6.37. The highest BCUT2D eigenvalue weighted by Gasteiger charge is 2.32. The smallest absolute Gasteiger partial charge is 0.368 e. The van der Waals surface area contributed by atoms with Crippen LogP contribution in [0.5, 0.6) is 0 Å². The second-order valence-electron chi connectivity index (χ2n) is 13.9. The maximum absolute atomic E-state index is 13.4. The zero-order valence-corrected chi connectivity index (χ0v) is 36.5. The van der Waals surface area contributed by atoms with Gasteiger partial charge in [-0.3, -0.25) is 0 Å². The van der Waals surface area contributed by atoms with Gasteiger partial charge in [-0.05, 0) is 60.7 Å². The van der Waals surface area contributed by atoms with E-state index < -0.39 is 23.5 Å². The monoisotopic (exact) mass is 984 g/mol. The number of hydrogen-bond donors (Lipinski definition) is 4. The fraction of sp³-hybridized carbons (Fsp3) is 0.143. The molecule has 24 heteroatoms. The molecule has 66 heavy (non-hydrogen) atoms. The van der Waals surface area contributed by atoms with Crippen LogP contribution in [0.1, 0.15) is 11.1 Å². The second-order valence-corrected chi connectivity index (χ2v) is 15.6. The zero-order valence-electron chi connectivity index (χ0n) is 33.5. The Labute approximate surface area is 390 Å². The third kappa shape index (κ3) is 10.5. The Balaban J connectivity index is 1.27. The molecule has 0 aliphatic rings. The minimum absolute atomic E-state index is 0.0173. The van der Waals surface area contributed by atoms with Crippen LogP contribution in [0.3, 0.4) is 0 Å². The topological polar surface area (TPSA) is 165 Å². The molecule has 0 amide bonds. The molecule has 0 aliphatic heterocycles. The predicted octanol–water partition coefficient (Wildman–Crippen LogP) is 11.3. The van der Waals surface area contributed by atoms with Crippen LogP contribution in [0.2, 0.25) is 20.1 Å². The molecule has 338 valence electrons. The molecule has 0 spiro atoms. The van der Waals surface area contributed by atoms with Gasteiger partial charge in [-0.15, -0.1) is 0 Å². The molecule has 0 saturated heterocycles. The SMILES string of the molecule is FC(F)(F)c1ccc(NCCN(c2ncc(-c3ncc[nH]3)c(-c3ccc(Cl)cc3Cl)n2)N(CCNc2ccc(C(F)(F)F)cn2)c2ncc(-c3ncc[nH]3)c(-c3ccc(Cl)cc3Cl)n2)nc1. The van der Waals surface area contributed by atoms with Gasteiger partial charge >= 0.3 is 12.4 Å². The van der Waals surface area contributed by atoms with Gasteiger partial charge in [0.1, 0.15) is 23.3 Å². The summed E-state index contributed by atoms with van der Waals surface area (Å²) in [4.78, 5) is 42.5. The van der Waals surface area contributed by atoms with Crippen molar-refractivity contribution in [2.24, 2.45) is 0 Å². The molecule has 0 radical (unpaired) electrons. The number of aromatic nitrogens is 10. The zero-order chi connectivity index (χ0) is 46.6. The number of aromatic amines is 2. The van der Waals surface area contributed by atoms with E-state index in [4.69, 9.17) is 66.3 Å². The van der Waals surface area contributed by atoms with Gasteiger partial charge in [0.25, 0.3) is 0 Å². The van der Waals surface area contributed by atoms with Gasteiger partial charge in [0.15, 0.2) is 0 Å². The van der Waals surface area contributed by atoms with Crippen LogP contribution in [-0.2, 0) is 12.4 Å². The molecule has 2 aromatic carbocycles. The first kappa shape index (κ1) is 45.8. The lowest BCUT2D eigenvalue weighted by Gasteiger charge is -2.35. The van der Waals surface area contributed by atoms with Crippen LogP contribution in [0.25, 0.3) is 45.3 Å². The van der Waals surface area contributed by atoms with Crippen LogP contribution in [0, 0.1) is 0 Å². The summed E-state index contributed by atoms with van der Waals surface area (Å²) < 4.78 is 80.4. The molecular formula is C42H30Cl4F6N14. The first-order valence-corrected chi connectivity index (χ1v) is 20.9. The number of rotatable bonds is 15. The molecule has 0 atom stereocenters. The van der Waals surface area contributed by atoms with Gasteiger partial charge in [0.2, 0.25) is 11.9 Å². The van der Waals surface area contributed by atoms with E-state index in [0.717, 1.165) is 12.1 Å². The van der Waals surface area contributed by atoms with Crippen molar-refractivity contribution in [3.05, 3.63) is 141 Å². The van der Waals surface area contributed by atoms with E-state index in [9.17, 15) is 26.3 Å². The first-order chi connectivity index (χ1) is 31.6. The van der Waals surface area contributed by atoms with Crippen molar-refractivity contribution in [3.63, 3.8) is 0 Å². The summed E-state index contributed by atoms with van der Waals surface area (Å²) in [5.41, 5.74) is 0.636. The summed E-state index contributed by atoms with van der Waals surface area (Å²) >= 11 is 26.2. The van der Waals surface area contributed by atoms with Gasteiger partial charge in [-0.2, -0.15) is 26.3 Å². The highest BCUT2D eigenvalue weighted by atomic mass is 35.5. The molecule has 0 saturated carbocycles. The van der Waals surface area contributed by atoms with Crippen LogP contribution in [0.15, 0.2) is 110 Å². The van der Waals surface area contributed by atoms with Crippen molar-refractivity contribution in [1.82, 2.24) is 49.8 Å². The van der Waals surface area contributed by atoms with Crippen LogP contribution < -0.4 is 20.7 Å². The van der Waals surface area contributed by atoms with Crippen LogP contribution in [-0.4, -0.2) is 76.0 Å². The van der Waals surface area contributed by atoms with Crippen molar-refractivity contribution in [1.29, 1.82) is 0 Å². The molecule has 14 nitrogen and oxygen atoms in total. The lowest BCUT2D eigenvalue weighted by molar-refractivity contribution is -0.138. The number of hydrogen-bond acceptors (Lipinski definition) is 12. The van der Waals surface area contributed by atoms with E-state index in [0.29, 0.717) is 67.7 Å². The summed E-state index contributed by atoms with van der Waals surface area (Å²) in [7, 11) is 0. The van der Waals surface area contributed by atoms with Crippen LogP contribution >= 0.6 is 46.4 Å². The van der Waals surface area contributed by atoms with Crippen molar-refractivity contribution < 1.29 is 26.3 Å². The molecule has 0 fully saturated rings. The number of imidazole rings is 2. The van der Waals surface area contributed by atoms with Crippen molar-refractivity contribution in [2.75, 3.05) is 46.8 Å². The van der Waals surface area contributed by atoms with Gasteiger partial charge in [0.05, 0.1) is 56.8 Å². The quantitative estimate of drug-likeness (QED) is 0.0568. The Morgan fingerprint density at radius 2 is 0.924 bits per heavy atom. The normalized spacial score (nSPS) is 11.7. The van der Waals surface area contributed by atoms with E-state index in [1.54, 1.807) is 71.2 Å². The van der Waals surface area contributed by atoms with Crippen molar-refractivity contribution >= 4 is 69.9 Å². The number of halogens is 10. The third-order valence-corrected chi connectivity index (χ3v) is 10.7. The summed E-state index contributed by atoms with van der Waals surface area (Å²) in [6, 6.07) is 13.9. The fourth-order valence-electron chi connectivity index (χ4n) is 6.51. The minimum Gasteiger partial charge on any atom is -0.368 e. The maximum Gasteiger partial charge on any atom is 0.417 e. The number of H-pyrrole nitrogens is 2. The van der Waals surface area contributed by atoms with Crippen molar-refractivity contribution in [2.45, 2.75) is 12.4 Å². The number of benzene rings is 2. The molecule has 0 aliphatic carbocycles.